The summed E-state index contributed by atoms with van der Waals surface area (Å²) < 4.78 is 69.9. The molecule has 0 fully saturated rings. The van der Waals surface area contributed by atoms with Crippen LogP contribution in [0.2, 0.25) is 0 Å². The maximum absolute atomic E-state index is 13.8. The van der Waals surface area contributed by atoms with Crippen molar-refractivity contribution in [3.8, 4) is 0 Å². The van der Waals surface area contributed by atoms with Gasteiger partial charge in [-0.25, -0.2) is 21.6 Å². The molecule has 0 radical (unpaired) electrons. The van der Waals surface area contributed by atoms with Crippen LogP contribution in [0.25, 0.3) is 0 Å². The Labute approximate surface area is 124 Å². The number of ether oxygens (including phenoxy) is 1. The molecule has 0 aliphatic heterocycles. The minimum Gasteiger partial charge on any atom is -0.383 e. The Balaban J connectivity index is 2.58. The first-order valence-corrected chi connectivity index (χ1v) is 7.57. The minimum atomic E-state index is -4.40. The lowest BCUT2D eigenvalue weighted by Gasteiger charge is -2.16. The van der Waals surface area contributed by atoms with Crippen molar-refractivity contribution in [3.05, 3.63) is 53.6 Å². The molecule has 1 atom stereocenters. The van der Waals surface area contributed by atoms with Crippen molar-refractivity contribution in [2.75, 3.05) is 13.7 Å². The van der Waals surface area contributed by atoms with Crippen LogP contribution in [0.3, 0.4) is 0 Å². The Hall–Kier alpha value is -2.00. The van der Waals surface area contributed by atoms with Gasteiger partial charge in [-0.05, 0) is 18.2 Å². The first kappa shape index (κ1) is 16.4. The van der Waals surface area contributed by atoms with Gasteiger partial charge in [0.25, 0.3) is 0 Å². The summed E-state index contributed by atoms with van der Waals surface area (Å²) in [7, 11) is -3.14. The Morgan fingerprint density at radius 1 is 1.18 bits per heavy atom. The van der Waals surface area contributed by atoms with Crippen LogP contribution in [0.1, 0.15) is 10.9 Å². The van der Waals surface area contributed by atoms with Gasteiger partial charge < -0.3 is 4.74 Å². The summed E-state index contributed by atoms with van der Waals surface area (Å²) >= 11 is 0. The average Bonchev–Trinajstić information content (AvgIpc) is 2.49. The average molecular weight is 332 g/mol. The number of nitrogens with zero attached hydrogens (tertiary/aromatic N) is 2. The molecule has 0 saturated carbocycles. The zero-order valence-electron chi connectivity index (χ0n) is 11.3. The van der Waals surface area contributed by atoms with Gasteiger partial charge in [-0.15, -0.1) is 0 Å². The van der Waals surface area contributed by atoms with Crippen LogP contribution in [0.15, 0.2) is 35.4 Å². The molecule has 0 saturated heterocycles. The fourth-order valence-corrected chi connectivity index (χ4v) is 3.51. The van der Waals surface area contributed by atoms with Crippen LogP contribution >= 0.6 is 0 Å². The van der Waals surface area contributed by atoms with Crippen molar-refractivity contribution in [2.45, 2.75) is 10.1 Å². The second-order valence-electron chi connectivity index (χ2n) is 4.33. The van der Waals surface area contributed by atoms with E-state index in [1.54, 1.807) is 0 Å². The number of hydrogen-bond acceptors (Lipinski definition) is 5. The van der Waals surface area contributed by atoms with Gasteiger partial charge in [0.2, 0.25) is 0 Å². The van der Waals surface area contributed by atoms with Gasteiger partial charge in [-0.2, -0.15) is 10.2 Å². The number of sulfone groups is 1. The van der Waals surface area contributed by atoms with Gasteiger partial charge in [0.05, 0.1) is 12.3 Å². The number of benzene rings is 1. The maximum atomic E-state index is 13.8. The van der Waals surface area contributed by atoms with E-state index in [9.17, 15) is 21.6 Å². The summed E-state index contributed by atoms with van der Waals surface area (Å²) in [6.45, 7) is -0.348. The second-order valence-corrected chi connectivity index (χ2v) is 6.43. The van der Waals surface area contributed by atoms with E-state index in [1.165, 1.54) is 25.4 Å². The van der Waals surface area contributed by atoms with E-state index >= 15 is 0 Å². The van der Waals surface area contributed by atoms with Crippen molar-refractivity contribution < 1.29 is 26.3 Å². The number of rotatable bonds is 5. The molecule has 118 valence electrons. The first-order chi connectivity index (χ1) is 10.4. The van der Waals surface area contributed by atoms with Gasteiger partial charge >= 0.3 is 0 Å². The Bertz CT molecular complexity index is 770. The summed E-state index contributed by atoms with van der Waals surface area (Å²) in [6, 6.07) is 3.30. The molecule has 9 heteroatoms. The molecule has 0 aliphatic carbocycles. The van der Waals surface area contributed by atoms with E-state index in [4.69, 9.17) is 4.74 Å². The molecule has 1 aromatic carbocycles. The van der Waals surface area contributed by atoms with Crippen LogP contribution in [-0.4, -0.2) is 32.3 Å². The third kappa shape index (κ3) is 3.09. The number of halogens is 3. The largest absolute Gasteiger partial charge is 0.383 e. The molecule has 1 heterocycles. The van der Waals surface area contributed by atoms with Crippen molar-refractivity contribution in [1.29, 1.82) is 0 Å². The van der Waals surface area contributed by atoms with Crippen molar-refractivity contribution >= 4 is 9.84 Å². The molecule has 0 bridgehead atoms. The molecule has 2 aromatic rings. The lowest BCUT2D eigenvalue weighted by atomic mass is 10.3. The van der Waals surface area contributed by atoms with E-state index in [2.05, 4.69) is 10.2 Å². The molecule has 0 amide bonds. The van der Waals surface area contributed by atoms with Crippen molar-refractivity contribution in [1.82, 2.24) is 10.2 Å². The van der Waals surface area contributed by atoms with Gasteiger partial charge in [0.1, 0.15) is 16.0 Å². The topological polar surface area (TPSA) is 69.2 Å². The molecule has 1 unspecified atom stereocenters. The third-order valence-corrected chi connectivity index (χ3v) is 4.95. The molecule has 0 N–H and O–H groups in total. The van der Waals surface area contributed by atoms with Crippen LogP contribution < -0.4 is 0 Å². The van der Waals surface area contributed by atoms with E-state index in [0.717, 1.165) is 0 Å². The predicted octanol–water partition coefficient (Wildman–Crippen LogP) is 2.06. The molecule has 0 spiro atoms. The van der Waals surface area contributed by atoms with Crippen LogP contribution in [0, 0.1) is 17.5 Å². The first-order valence-electron chi connectivity index (χ1n) is 6.03. The van der Waals surface area contributed by atoms with Gasteiger partial charge in [0, 0.05) is 19.4 Å². The predicted molar refractivity (Wildman–Crippen MR) is 70.2 cm³/mol. The molecule has 1 aromatic heterocycles. The summed E-state index contributed by atoms with van der Waals surface area (Å²) in [4.78, 5) is -0.959. The quantitative estimate of drug-likeness (QED) is 0.619. The lowest BCUT2D eigenvalue weighted by molar-refractivity contribution is 0.196. The highest BCUT2D eigenvalue weighted by Gasteiger charge is 2.34. The van der Waals surface area contributed by atoms with Crippen molar-refractivity contribution in [3.63, 3.8) is 0 Å². The van der Waals surface area contributed by atoms with E-state index in [1.807, 2.05) is 0 Å². The van der Waals surface area contributed by atoms with Gasteiger partial charge in [-0.3, -0.25) is 0 Å². The number of aromatic nitrogens is 2. The highest BCUT2D eigenvalue weighted by Crippen LogP contribution is 2.30. The SMILES string of the molecule is COCC(c1cccnn1)S(=O)(=O)c1cc(F)c(F)cc1F. The second kappa shape index (κ2) is 6.41. The zero-order valence-corrected chi connectivity index (χ0v) is 12.1. The molecular formula is C13H11F3N2O3S. The summed E-state index contributed by atoms with van der Waals surface area (Å²) in [5.41, 5.74) is 0.00785. The Morgan fingerprint density at radius 2 is 1.86 bits per heavy atom. The van der Waals surface area contributed by atoms with Crippen LogP contribution in [-0.2, 0) is 14.6 Å². The maximum Gasteiger partial charge on any atom is 0.192 e. The lowest BCUT2D eigenvalue weighted by Crippen LogP contribution is -2.21. The highest BCUT2D eigenvalue weighted by atomic mass is 32.2. The number of methoxy groups -OCH3 is 1. The van der Waals surface area contributed by atoms with Crippen molar-refractivity contribution in [2.24, 2.45) is 0 Å². The molecule has 22 heavy (non-hydrogen) atoms. The van der Waals surface area contributed by atoms with Crippen LogP contribution in [0.5, 0.6) is 0 Å². The smallest absolute Gasteiger partial charge is 0.192 e. The van der Waals surface area contributed by atoms with Crippen LogP contribution in [0.4, 0.5) is 13.2 Å². The summed E-state index contributed by atoms with van der Waals surface area (Å²) in [6.07, 6.45) is 1.33. The number of hydrogen-bond donors (Lipinski definition) is 0. The minimum absolute atomic E-state index is 0.00785. The Morgan fingerprint density at radius 3 is 2.45 bits per heavy atom. The summed E-state index contributed by atoms with van der Waals surface area (Å²) in [5, 5.41) is 5.81. The van der Waals surface area contributed by atoms with Gasteiger partial charge in [-0.1, -0.05) is 0 Å². The van der Waals surface area contributed by atoms with E-state index in [-0.39, 0.29) is 18.4 Å². The molecule has 0 aliphatic rings. The van der Waals surface area contributed by atoms with E-state index < -0.39 is 37.4 Å². The fraction of sp³-hybridized carbons (Fsp3) is 0.231. The monoisotopic (exact) mass is 332 g/mol. The fourth-order valence-electron chi connectivity index (χ4n) is 1.85. The molecule has 5 nitrogen and oxygen atoms in total. The van der Waals surface area contributed by atoms with Gasteiger partial charge in [0.15, 0.2) is 21.5 Å². The summed E-state index contributed by atoms with van der Waals surface area (Å²) in [5.74, 6) is -4.32. The van der Waals surface area contributed by atoms with E-state index in [0.29, 0.717) is 6.07 Å². The third-order valence-electron chi connectivity index (χ3n) is 2.90. The zero-order chi connectivity index (χ0) is 16.3. The molecular weight excluding hydrogens is 321 g/mol. The normalized spacial score (nSPS) is 13.1. The molecule has 2 rings (SSSR count). The Kier molecular flexibility index (Phi) is 4.77. The standard InChI is InChI=1S/C13H11F3N2O3S/c1-21-7-13(11-3-2-4-17-18-11)22(19,20)12-6-9(15)8(14)5-10(12)16/h2-6,13H,7H2,1H3. The highest BCUT2D eigenvalue weighted by molar-refractivity contribution is 7.91.